The molecule has 0 aromatic heterocycles. The van der Waals surface area contributed by atoms with Gasteiger partial charge in [-0.15, -0.1) is 0 Å². The molecule has 7 heteroatoms. The summed E-state index contributed by atoms with van der Waals surface area (Å²) in [6.45, 7) is 1.63. The molecule has 1 saturated heterocycles. The highest BCUT2D eigenvalue weighted by molar-refractivity contribution is 5.74. The van der Waals surface area contributed by atoms with E-state index in [4.69, 9.17) is 0 Å². The Labute approximate surface area is 164 Å². The maximum Gasteiger partial charge on any atom is 0.318 e. The molecule has 3 rings (SSSR count). The minimum atomic E-state index is -0.316. The Kier molecular flexibility index (Phi) is 6.16. The maximum atomic E-state index is 13.2. The Balaban J connectivity index is 1.69. The number of phenolic OH excluding ortho intramolecular Hbond substituents is 1. The molecule has 0 aliphatic carbocycles. The molecule has 2 amide bonds. The first kappa shape index (κ1) is 20.1. The maximum absolute atomic E-state index is 13.2. The molecule has 1 aliphatic heterocycles. The molecule has 1 aliphatic rings. The van der Waals surface area contributed by atoms with Crippen molar-refractivity contribution in [3.63, 3.8) is 0 Å². The van der Waals surface area contributed by atoms with Crippen molar-refractivity contribution in [2.75, 3.05) is 20.1 Å². The minimum absolute atomic E-state index is 0.0370. The molecule has 0 atom stereocenters. The number of quaternary nitrogens is 1. The molecule has 2 aromatic carbocycles. The predicted molar refractivity (Wildman–Crippen MR) is 105 cm³/mol. The first-order valence-electron chi connectivity index (χ1n) is 9.45. The number of phenols is 1. The SMILES string of the molecule is C[N+]1([O-])CCC(N(Cc2ccc(F)cc2)C(=O)NCc2ccc(O)cc2)CC1. The largest absolute Gasteiger partial charge is 0.633 e. The quantitative estimate of drug-likeness (QED) is 0.610. The van der Waals surface area contributed by atoms with Crippen LogP contribution in [0, 0.1) is 11.0 Å². The van der Waals surface area contributed by atoms with Gasteiger partial charge in [-0.3, -0.25) is 0 Å². The van der Waals surface area contributed by atoms with Crippen molar-refractivity contribution >= 4 is 6.03 Å². The number of nitrogens with zero attached hydrogens (tertiary/aromatic N) is 2. The van der Waals surface area contributed by atoms with Gasteiger partial charge in [-0.05, 0) is 35.4 Å². The van der Waals surface area contributed by atoms with E-state index in [9.17, 15) is 19.5 Å². The summed E-state index contributed by atoms with van der Waals surface area (Å²) in [6.07, 6.45) is 1.27. The van der Waals surface area contributed by atoms with Gasteiger partial charge in [0.1, 0.15) is 11.6 Å². The average Bonchev–Trinajstić information content (AvgIpc) is 2.67. The van der Waals surface area contributed by atoms with Crippen molar-refractivity contribution in [1.82, 2.24) is 10.2 Å². The van der Waals surface area contributed by atoms with Gasteiger partial charge in [-0.25, -0.2) is 9.18 Å². The first-order valence-corrected chi connectivity index (χ1v) is 9.45. The summed E-state index contributed by atoms with van der Waals surface area (Å²) in [5, 5.41) is 24.4. The number of piperidine rings is 1. The van der Waals surface area contributed by atoms with E-state index in [1.807, 2.05) is 0 Å². The van der Waals surface area contributed by atoms with Gasteiger partial charge in [0.25, 0.3) is 0 Å². The second-order valence-electron chi connectivity index (χ2n) is 7.55. The Bertz CT molecular complexity index is 784. The molecule has 1 heterocycles. The lowest BCUT2D eigenvalue weighted by Crippen LogP contribution is -2.53. The molecule has 0 radical (unpaired) electrons. The van der Waals surface area contributed by atoms with Crippen molar-refractivity contribution in [2.24, 2.45) is 0 Å². The summed E-state index contributed by atoms with van der Waals surface area (Å²) in [5.41, 5.74) is 1.71. The molecule has 0 spiro atoms. The van der Waals surface area contributed by atoms with Gasteiger partial charge < -0.3 is 25.2 Å². The van der Waals surface area contributed by atoms with E-state index in [0.29, 0.717) is 39.0 Å². The summed E-state index contributed by atoms with van der Waals surface area (Å²) in [7, 11) is 1.66. The van der Waals surface area contributed by atoms with Crippen molar-refractivity contribution in [3.8, 4) is 5.75 Å². The fourth-order valence-corrected chi connectivity index (χ4v) is 3.46. The summed E-state index contributed by atoms with van der Waals surface area (Å²) in [4.78, 5) is 14.7. The molecule has 28 heavy (non-hydrogen) atoms. The molecule has 0 unspecified atom stereocenters. The normalized spacial score (nSPS) is 21.9. The van der Waals surface area contributed by atoms with E-state index < -0.39 is 0 Å². The molecule has 2 aromatic rings. The van der Waals surface area contributed by atoms with Gasteiger partial charge >= 0.3 is 6.03 Å². The van der Waals surface area contributed by atoms with Crippen LogP contribution in [0.4, 0.5) is 9.18 Å². The zero-order valence-corrected chi connectivity index (χ0v) is 16.0. The van der Waals surface area contributed by atoms with Crippen LogP contribution in [0.25, 0.3) is 0 Å². The van der Waals surface area contributed by atoms with E-state index in [2.05, 4.69) is 5.32 Å². The lowest BCUT2D eigenvalue weighted by molar-refractivity contribution is -0.866. The molecule has 2 N–H and O–H groups in total. The third kappa shape index (κ3) is 5.43. The summed E-state index contributed by atoms with van der Waals surface area (Å²) >= 11 is 0. The Hall–Kier alpha value is -2.64. The number of halogens is 1. The third-order valence-electron chi connectivity index (χ3n) is 5.22. The zero-order valence-electron chi connectivity index (χ0n) is 16.0. The van der Waals surface area contributed by atoms with Crippen molar-refractivity contribution in [3.05, 3.63) is 70.7 Å². The summed E-state index contributed by atoms with van der Waals surface area (Å²) < 4.78 is 12.9. The molecule has 150 valence electrons. The lowest BCUT2D eigenvalue weighted by atomic mass is 10.0. The van der Waals surface area contributed by atoms with Crippen molar-refractivity contribution in [1.29, 1.82) is 0 Å². The van der Waals surface area contributed by atoms with Crippen LogP contribution < -0.4 is 5.32 Å². The third-order valence-corrected chi connectivity index (χ3v) is 5.22. The second-order valence-corrected chi connectivity index (χ2v) is 7.55. The number of likely N-dealkylation sites (tertiary alicyclic amines) is 1. The van der Waals surface area contributed by atoms with E-state index in [1.54, 1.807) is 48.3 Å². The number of urea groups is 1. The van der Waals surface area contributed by atoms with Crippen LogP contribution in [-0.4, -0.2) is 46.9 Å². The van der Waals surface area contributed by atoms with Gasteiger partial charge in [0.2, 0.25) is 0 Å². The summed E-state index contributed by atoms with van der Waals surface area (Å²) in [5.74, 6) is -0.141. The molecular weight excluding hydrogens is 361 g/mol. The van der Waals surface area contributed by atoms with Crippen LogP contribution in [-0.2, 0) is 13.1 Å². The molecular formula is C21H26FN3O3. The number of rotatable bonds is 5. The van der Waals surface area contributed by atoms with Crippen LogP contribution >= 0.6 is 0 Å². The van der Waals surface area contributed by atoms with Crippen molar-refractivity contribution < 1.29 is 18.9 Å². The van der Waals surface area contributed by atoms with E-state index in [0.717, 1.165) is 11.1 Å². The number of hydrogen-bond donors (Lipinski definition) is 2. The lowest BCUT2D eigenvalue weighted by Gasteiger charge is -2.46. The van der Waals surface area contributed by atoms with Crippen molar-refractivity contribution in [2.45, 2.75) is 32.0 Å². The van der Waals surface area contributed by atoms with Crippen LogP contribution in [0.2, 0.25) is 0 Å². The first-order chi connectivity index (χ1) is 13.3. The predicted octanol–water partition coefficient (Wildman–Crippen LogP) is 3.35. The van der Waals surface area contributed by atoms with Gasteiger partial charge in [0.15, 0.2) is 0 Å². The average molecular weight is 387 g/mol. The summed E-state index contributed by atoms with van der Waals surface area (Å²) in [6, 6.07) is 12.5. The topological polar surface area (TPSA) is 75.6 Å². The highest BCUT2D eigenvalue weighted by Crippen LogP contribution is 2.22. The standard InChI is InChI=1S/C21H26FN3O3/c1-25(28)12-10-19(11-13-25)24(15-17-2-6-18(22)7-3-17)21(27)23-14-16-4-8-20(26)9-5-16/h2-9,19,26H,10-15H2,1H3,(H,23,27). The highest BCUT2D eigenvalue weighted by Gasteiger charge is 2.31. The highest BCUT2D eigenvalue weighted by atomic mass is 19.1. The zero-order chi connectivity index (χ0) is 20.1. The Morgan fingerprint density at radius 3 is 2.32 bits per heavy atom. The van der Waals surface area contributed by atoms with Gasteiger partial charge in [0.05, 0.1) is 20.1 Å². The van der Waals surface area contributed by atoms with Crippen LogP contribution in [0.15, 0.2) is 48.5 Å². The van der Waals surface area contributed by atoms with Gasteiger partial charge in [-0.1, -0.05) is 24.3 Å². The number of amides is 2. The number of carbonyl (C=O) groups is 1. The van der Waals surface area contributed by atoms with E-state index in [1.165, 1.54) is 12.1 Å². The second kappa shape index (κ2) is 8.58. The Morgan fingerprint density at radius 2 is 1.71 bits per heavy atom. The van der Waals surface area contributed by atoms with Crippen LogP contribution in [0.5, 0.6) is 5.75 Å². The van der Waals surface area contributed by atoms with E-state index in [-0.39, 0.29) is 28.3 Å². The monoisotopic (exact) mass is 387 g/mol. The van der Waals surface area contributed by atoms with E-state index >= 15 is 0 Å². The number of aromatic hydroxyl groups is 1. The number of hydrogen-bond acceptors (Lipinski definition) is 3. The van der Waals surface area contributed by atoms with Crippen LogP contribution in [0.1, 0.15) is 24.0 Å². The van der Waals surface area contributed by atoms with Gasteiger partial charge in [-0.2, -0.15) is 0 Å². The number of benzene rings is 2. The number of nitrogens with one attached hydrogen (secondary N) is 1. The molecule has 6 nitrogen and oxygen atoms in total. The minimum Gasteiger partial charge on any atom is -0.633 e. The molecule has 0 saturated carbocycles. The van der Waals surface area contributed by atoms with Crippen LogP contribution in [0.3, 0.4) is 0 Å². The number of carbonyl (C=O) groups excluding carboxylic acids is 1. The fraction of sp³-hybridized carbons (Fsp3) is 0.381. The molecule has 0 bridgehead atoms. The Morgan fingerprint density at radius 1 is 1.14 bits per heavy atom. The smallest absolute Gasteiger partial charge is 0.318 e. The van der Waals surface area contributed by atoms with Gasteiger partial charge in [0, 0.05) is 32.0 Å². The fourth-order valence-electron chi connectivity index (χ4n) is 3.46. The number of hydroxylamine groups is 3. The molecule has 1 fully saturated rings.